The Hall–Kier alpha value is -0.680. The molecule has 0 bridgehead atoms. The molecule has 3 aliphatic heterocycles. The van der Waals surface area contributed by atoms with E-state index in [2.05, 4.69) is 0 Å². The van der Waals surface area contributed by atoms with Crippen LogP contribution in [-0.2, 0) is 18.9 Å². The van der Waals surface area contributed by atoms with Gasteiger partial charge in [0.15, 0.2) is 0 Å². The number of aliphatic hydroxyl groups excluding tert-OH is 12. The number of hydrogen-bond acceptors (Lipinski definition) is 17. The largest absolute Gasteiger partial charge is 0.394 e. The first-order valence-corrected chi connectivity index (χ1v) is 10.6. The summed E-state index contributed by atoms with van der Waals surface area (Å²) in [5, 5.41) is 133. The van der Waals surface area contributed by atoms with E-state index in [1.807, 2.05) is 0 Å². The zero-order chi connectivity index (χ0) is 26.5. The topological polar surface area (TPSA) is 300 Å². The van der Waals surface area contributed by atoms with Crippen LogP contribution in [0.4, 0.5) is 0 Å². The van der Waals surface area contributed by atoms with Gasteiger partial charge in [0.2, 0.25) is 5.79 Å². The summed E-state index contributed by atoms with van der Waals surface area (Å²) in [6.07, 6.45) is -23.7. The van der Waals surface area contributed by atoms with Gasteiger partial charge in [-0.05, 0) is 0 Å². The van der Waals surface area contributed by atoms with Crippen molar-refractivity contribution >= 4 is 0 Å². The average Bonchev–Trinajstić information content (AvgIpc) is 3.10. The van der Waals surface area contributed by atoms with Gasteiger partial charge < -0.3 is 85.3 Å². The third-order valence-corrected chi connectivity index (χ3v) is 6.65. The van der Waals surface area contributed by atoms with Crippen molar-refractivity contribution in [1.82, 2.24) is 0 Å². The second-order valence-electron chi connectivity index (χ2n) is 8.74. The number of hydrogen-bond donors (Lipinski definition) is 13. The maximum Gasteiger partial charge on any atom is 0.259 e. The fraction of sp³-hybridized carbons (Fsp3) is 1.00. The van der Waals surface area contributed by atoms with Gasteiger partial charge in [0.05, 0.1) is 19.8 Å². The molecule has 1 unspecified atom stereocenters. The Morgan fingerprint density at radius 1 is 0.543 bits per heavy atom. The van der Waals surface area contributed by atoms with Crippen LogP contribution in [0.2, 0.25) is 0 Å². The molecular formula is C18H32O17. The van der Waals surface area contributed by atoms with Gasteiger partial charge in [0, 0.05) is 0 Å². The van der Waals surface area contributed by atoms with Crippen molar-refractivity contribution in [3.05, 3.63) is 0 Å². The van der Waals surface area contributed by atoms with E-state index < -0.39 is 111 Å². The van der Waals surface area contributed by atoms with Gasteiger partial charge >= 0.3 is 0 Å². The molecule has 13 N–H and O–H groups in total. The highest BCUT2D eigenvalue weighted by Gasteiger charge is 2.75. The second-order valence-corrected chi connectivity index (χ2v) is 8.74. The molecule has 0 aromatic carbocycles. The van der Waals surface area contributed by atoms with Crippen molar-refractivity contribution in [2.24, 2.45) is 0 Å². The molecule has 35 heavy (non-hydrogen) atoms. The maximum absolute atomic E-state index is 11.5. The quantitative estimate of drug-likeness (QED) is 0.148. The monoisotopic (exact) mass is 520 g/mol. The van der Waals surface area contributed by atoms with Gasteiger partial charge in [0.25, 0.3) is 11.6 Å². The van der Waals surface area contributed by atoms with Gasteiger partial charge in [-0.2, -0.15) is 0 Å². The van der Waals surface area contributed by atoms with Gasteiger partial charge in [-0.1, -0.05) is 0 Å². The van der Waals surface area contributed by atoms with Gasteiger partial charge in [-0.3, -0.25) is 0 Å². The van der Waals surface area contributed by atoms with Crippen molar-refractivity contribution in [2.75, 3.05) is 26.4 Å². The molecule has 0 radical (unpaired) electrons. The highest BCUT2D eigenvalue weighted by Crippen LogP contribution is 2.49. The van der Waals surface area contributed by atoms with Crippen LogP contribution in [0.25, 0.3) is 0 Å². The molecule has 17 heteroatoms. The number of rotatable bonds is 7. The molecule has 17 nitrogen and oxygen atoms in total. The lowest BCUT2D eigenvalue weighted by Gasteiger charge is -2.59. The Labute approximate surface area is 197 Å². The lowest BCUT2D eigenvalue weighted by Crippen LogP contribution is -2.83. The molecule has 0 aromatic heterocycles. The lowest BCUT2D eigenvalue weighted by atomic mass is 9.80. The highest BCUT2D eigenvalue weighted by atomic mass is 16.9. The minimum atomic E-state index is -3.60. The van der Waals surface area contributed by atoms with Crippen LogP contribution >= 0.6 is 0 Å². The zero-order valence-corrected chi connectivity index (χ0v) is 18.1. The van der Waals surface area contributed by atoms with Crippen molar-refractivity contribution in [3.8, 4) is 0 Å². The summed E-state index contributed by atoms with van der Waals surface area (Å²) >= 11 is 0. The summed E-state index contributed by atoms with van der Waals surface area (Å²) in [4.78, 5) is 0. The van der Waals surface area contributed by atoms with E-state index in [-0.39, 0.29) is 0 Å². The SMILES string of the molecule is OC[C@H]1O[C@@](O)([C@@]2(OC3(CO)O[C@H](CO)[C@@H](O)[C@@H]3O)O[C@H](CO)[C@@H](O)[C@H](O)[C@H]2O)[C@H](O)[C@@H](O)[C@H]1O. The van der Waals surface area contributed by atoms with Crippen LogP contribution in [0.15, 0.2) is 0 Å². The van der Waals surface area contributed by atoms with Crippen LogP contribution in [0.5, 0.6) is 0 Å². The summed E-state index contributed by atoms with van der Waals surface area (Å²) in [5.74, 6) is -9.97. The van der Waals surface area contributed by atoms with Crippen molar-refractivity contribution in [1.29, 1.82) is 0 Å². The predicted octanol–water partition coefficient (Wildman–Crippen LogP) is -8.86. The Kier molecular flexibility index (Phi) is 8.45. The smallest absolute Gasteiger partial charge is 0.259 e. The second kappa shape index (κ2) is 10.2. The third-order valence-electron chi connectivity index (χ3n) is 6.65. The van der Waals surface area contributed by atoms with Gasteiger partial charge in [-0.25, -0.2) is 0 Å². The summed E-state index contributed by atoms with van der Waals surface area (Å²) in [6.45, 7) is -4.53. The van der Waals surface area contributed by atoms with Crippen LogP contribution < -0.4 is 0 Å². The summed E-state index contributed by atoms with van der Waals surface area (Å²) in [5.41, 5.74) is 0. The molecular weight excluding hydrogens is 488 g/mol. The van der Waals surface area contributed by atoms with Crippen molar-refractivity contribution in [2.45, 2.75) is 84.5 Å². The molecule has 3 heterocycles. The van der Waals surface area contributed by atoms with Crippen molar-refractivity contribution in [3.63, 3.8) is 0 Å². The van der Waals surface area contributed by atoms with E-state index in [4.69, 9.17) is 18.9 Å². The first-order chi connectivity index (χ1) is 16.3. The molecule has 0 aliphatic carbocycles. The van der Waals surface area contributed by atoms with Crippen LogP contribution in [0, 0.1) is 0 Å². The van der Waals surface area contributed by atoms with Gasteiger partial charge in [0.1, 0.15) is 73.8 Å². The fourth-order valence-corrected chi connectivity index (χ4v) is 4.55. The van der Waals surface area contributed by atoms with E-state index in [1.165, 1.54) is 0 Å². The summed E-state index contributed by atoms with van der Waals surface area (Å²) < 4.78 is 21.2. The molecule has 3 fully saturated rings. The van der Waals surface area contributed by atoms with Crippen LogP contribution in [-0.4, -0.2) is 177 Å². The third kappa shape index (κ3) is 4.19. The molecule has 206 valence electrons. The minimum absolute atomic E-state index is 0.929. The van der Waals surface area contributed by atoms with E-state index in [0.29, 0.717) is 0 Å². The van der Waals surface area contributed by atoms with E-state index in [0.717, 1.165) is 0 Å². The first-order valence-electron chi connectivity index (χ1n) is 10.6. The first kappa shape index (κ1) is 28.9. The van der Waals surface area contributed by atoms with Crippen LogP contribution in [0.1, 0.15) is 0 Å². The number of ether oxygens (including phenoxy) is 4. The summed E-state index contributed by atoms with van der Waals surface area (Å²) in [6, 6.07) is 0. The Bertz CT molecular complexity index is 725. The maximum atomic E-state index is 11.5. The molecule has 3 saturated heterocycles. The standard InChI is InChI=1S/C18H32O17/c19-1-5-8(23)11(26)14(29)17(31,33-5)18(15(30)12(27)9(24)6(2-20)34-18)35-16(4-22)13(28)10(25)7(3-21)32-16/h5-15,19-31H,1-4H2/t5-,6-,7-,8+,9-,10-,11+,12+,13+,14-,15-,16?,17-,18-/m1/s1. The minimum Gasteiger partial charge on any atom is -0.394 e. The lowest BCUT2D eigenvalue weighted by molar-refractivity contribution is -0.529. The van der Waals surface area contributed by atoms with E-state index >= 15 is 0 Å². The molecule has 0 spiro atoms. The molecule has 3 rings (SSSR count). The van der Waals surface area contributed by atoms with Crippen LogP contribution in [0.3, 0.4) is 0 Å². The predicted molar refractivity (Wildman–Crippen MR) is 103 cm³/mol. The molecule has 0 amide bonds. The normalized spacial score (nSPS) is 55.3. The molecule has 14 atom stereocenters. The van der Waals surface area contributed by atoms with E-state index in [1.54, 1.807) is 0 Å². The van der Waals surface area contributed by atoms with Crippen molar-refractivity contribution < 1.29 is 85.3 Å². The summed E-state index contributed by atoms with van der Waals surface area (Å²) in [7, 11) is 0. The number of aliphatic hydroxyl groups is 13. The van der Waals surface area contributed by atoms with Gasteiger partial charge in [-0.15, -0.1) is 0 Å². The fourth-order valence-electron chi connectivity index (χ4n) is 4.55. The molecule has 0 aromatic rings. The van der Waals surface area contributed by atoms with E-state index in [9.17, 15) is 66.4 Å². The Morgan fingerprint density at radius 2 is 1.00 bits per heavy atom. The highest BCUT2D eigenvalue weighted by molar-refractivity contribution is 5.13. The average molecular weight is 520 g/mol. The molecule has 3 aliphatic rings. The Morgan fingerprint density at radius 3 is 1.46 bits per heavy atom. The zero-order valence-electron chi connectivity index (χ0n) is 18.1. The molecule has 0 saturated carbocycles. The Balaban J connectivity index is 2.21.